The van der Waals surface area contributed by atoms with Gasteiger partial charge in [0.1, 0.15) is 0 Å². The molecule has 1 aliphatic rings. The molecule has 3 rings (SSSR count). The van der Waals surface area contributed by atoms with Crippen molar-refractivity contribution in [1.29, 1.82) is 0 Å². The third kappa shape index (κ3) is 5.05. The quantitative estimate of drug-likeness (QED) is 0.741. The van der Waals surface area contributed by atoms with E-state index in [1.165, 1.54) is 5.57 Å². The first-order valence-corrected chi connectivity index (χ1v) is 9.13. The average Bonchev–Trinajstić information content (AvgIpc) is 3.06. The molecule has 5 nitrogen and oxygen atoms in total. The van der Waals surface area contributed by atoms with Crippen LogP contribution in [0.5, 0.6) is 0 Å². The number of aromatic nitrogens is 1. The van der Waals surface area contributed by atoms with Crippen molar-refractivity contribution in [3.63, 3.8) is 0 Å². The Hall–Kier alpha value is -2.92. The first-order chi connectivity index (χ1) is 13.1. The Labute approximate surface area is 160 Å². The number of nitrogens with two attached hydrogens (primary N) is 1. The molecule has 1 aliphatic carbocycles. The molecule has 2 N–H and O–H groups in total. The monoisotopic (exact) mass is 366 g/mol. The maximum Gasteiger partial charge on any atom is 0.356 e. The molecule has 0 aliphatic heterocycles. The van der Waals surface area contributed by atoms with Gasteiger partial charge in [0.25, 0.3) is 0 Å². The van der Waals surface area contributed by atoms with E-state index in [-0.39, 0.29) is 0 Å². The number of oxazole rings is 1. The number of hydrogen-bond acceptors (Lipinski definition) is 5. The standard InChI is InChI=1S/C20H20N2O3.C2H6/c1-13(2)14-5-3-6-15(10-9-14)18-12-22-19(24-18)16-7-4-8-17(11-16)20(23)25-21;1-2/h3-9,11-13H,10,21H2,1-2H3;1-2H3. The Kier molecular flexibility index (Phi) is 7.32. The van der Waals surface area contributed by atoms with Crippen LogP contribution in [0.25, 0.3) is 17.0 Å². The summed E-state index contributed by atoms with van der Waals surface area (Å²) in [6, 6.07) is 6.82. The minimum atomic E-state index is -0.600. The topological polar surface area (TPSA) is 78.3 Å². The molecule has 0 saturated heterocycles. The Morgan fingerprint density at radius 3 is 2.78 bits per heavy atom. The predicted molar refractivity (Wildman–Crippen MR) is 108 cm³/mol. The first-order valence-electron chi connectivity index (χ1n) is 9.13. The molecule has 1 aromatic carbocycles. The second-order valence-corrected chi connectivity index (χ2v) is 6.13. The highest BCUT2D eigenvalue weighted by atomic mass is 16.7. The van der Waals surface area contributed by atoms with Gasteiger partial charge in [-0.1, -0.05) is 58.1 Å². The fourth-order valence-electron chi connectivity index (χ4n) is 2.65. The molecule has 0 amide bonds. The molecule has 27 heavy (non-hydrogen) atoms. The molecule has 0 spiro atoms. The number of hydrogen-bond donors (Lipinski definition) is 1. The summed E-state index contributed by atoms with van der Waals surface area (Å²) in [5, 5.41) is 0. The van der Waals surface area contributed by atoms with Gasteiger partial charge in [-0.3, -0.25) is 0 Å². The lowest BCUT2D eigenvalue weighted by Crippen LogP contribution is -2.09. The van der Waals surface area contributed by atoms with E-state index < -0.39 is 5.97 Å². The maximum absolute atomic E-state index is 11.6. The van der Waals surface area contributed by atoms with E-state index in [2.05, 4.69) is 35.8 Å². The van der Waals surface area contributed by atoms with Gasteiger partial charge < -0.3 is 9.25 Å². The fourth-order valence-corrected chi connectivity index (χ4v) is 2.65. The zero-order valence-electron chi connectivity index (χ0n) is 16.2. The molecule has 0 unspecified atom stereocenters. The molecular weight excluding hydrogens is 340 g/mol. The summed E-state index contributed by atoms with van der Waals surface area (Å²) in [5.74, 6) is 5.98. The second-order valence-electron chi connectivity index (χ2n) is 6.13. The first kappa shape index (κ1) is 20.4. The largest absolute Gasteiger partial charge is 0.436 e. The highest BCUT2D eigenvalue weighted by Crippen LogP contribution is 2.28. The molecule has 1 heterocycles. The molecule has 1 aromatic heterocycles. The molecule has 2 aromatic rings. The Morgan fingerprint density at radius 1 is 1.30 bits per heavy atom. The van der Waals surface area contributed by atoms with Gasteiger partial charge in [-0.25, -0.2) is 9.78 Å². The zero-order chi connectivity index (χ0) is 19.8. The highest BCUT2D eigenvalue weighted by Gasteiger charge is 2.14. The van der Waals surface area contributed by atoms with Crippen molar-refractivity contribution >= 4 is 11.5 Å². The Bertz CT molecular complexity index is 873. The molecule has 0 bridgehead atoms. The lowest BCUT2D eigenvalue weighted by Gasteiger charge is -2.04. The van der Waals surface area contributed by atoms with Gasteiger partial charge in [-0.2, -0.15) is 5.90 Å². The van der Waals surface area contributed by atoms with Crippen molar-refractivity contribution in [2.24, 2.45) is 11.8 Å². The van der Waals surface area contributed by atoms with Crippen molar-refractivity contribution < 1.29 is 14.0 Å². The minimum Gasteiger partial charge on any atom is -0.436 e. The van der Waals surface area contributed by atoms with Crippen LogP contribution >= 0.6 is 0 Å². The van der Waals surface area contributed by atoms with E-state index >= 15 is 0 Å². The number of rotatable bonds is 4. The van der Waals surface area contributed by atoms with Gasteiger partial charge in [0.05, 0.1) is 11.8 Å². The Balaban J connectivity index is 0.00000126. The van der Waals surface area contributed by atoms with Gasteiger partial charge in [0.2, 0.25) is 5.89 Å². The van der Waals surface area contributed by atoms with E-state index in [9.17, 15) is 4.79 Å². The van der Waals surface area contributed by atoms with Crippen molar-refractivity contribution in [3.05, 3.63) is 71.7 Å². The Morgan fingerprint density at radius 2 is 2.07 bits per heavy atom. The summed E-state index contributed by atoms with van der Waals surface area (Å²) in [6.07, 6.45) is 10.9. The van der Waals surface area contributed by atoms with Crippen molar-refractivity contribution in [1.82, 2.24) is 4.98 Å². The van der Waals surface area contributed by atoms with Crippen molar-refractivity contribution in [2.75, 3.05) is 0 Å². The summed E-state index contributed by atoms with van der Waals surface area (Å²) in [7, 11) is 0. The highest BCUT2D eigenvalue weighted by molar-refractivity contribution is 5.90. The average molecular weight is 366 g/mol. The van der Waals surface area contributed by atoms with Gasteiger partial charge in [0, 0.05) is 11.1 Å². The number of benzene rings is 1. The van der Waals surface area contributed by atoms with Gasteiger partial charge in [-0.05, 0) is 36.1 Å². The van der Waals surface area contributed by atoms with Crippen LogP contribution in [0.15, 0.2) is 64.8 Å². The molecule has 0 atom stereocenters. The van der Waals surface area contributed by atoms with E-state index in [0.29, 0.717) is 28.7 Å². The third-order valence-electron chi connectivity index (χ3n) is 4.08. The zero-order valence-corrected chi connectivity index (χ0v) is 16.2. The van der Waals surface area contributed by atoms with E-state index in [1.807, 2.05) is 32.1 Å². The van der Waals surface area contributed by atoms with E-state index in [4.69, 9.17) is 10.3 Å². The molecule has 0 saturated carbocycles. The van der Waals surface area contributed by atoms with Crippen molar-refractivity contribution in [2.45, 2.75) is 34.1 Å². The SMILES string of the molecule is CC.CC(C)C1=CCC(c2cnc(-c3cccc(C(=O)ON)c3)o2)=CC=C1. The minimum absolute atomic E-state index is 0.348. The van der Waals surface area contributed by atoms with E-state index in [0.717, 1.165) is 12.0 Å². The molecule has 0 radical (unpaired) electrons. The number of nitrogens with zero attached hydrogens (tertiary/aromatic N) is 1. The molecule has 0 fully saturated rings. The summed E-state index contributed by atoms with van der Waals surface area (Å²) < 4.78 is 5.90. The predicted octanol–water partition coefficient (Wildman–Crippen LogP) is 5.32. The molecule has 5 heteroatoms. The summed E-state index contributed by atoms with van der Waals surface area (Å²) in [6.45, 7) is 8.35. The second kappa shape index (κ2) is 9.69. The van der Waals surface area contributed by atoms with E-state index in [1.54, 1.807) is 24.4 Å². The van der Waals surface area contributed by atoms with Crippen LogP contribution in [0, 0.1) is 5.92 Å². The number of carbonyl (C=O) groups is 1. The van der Waals surface area contributed by atoms with Crippen LogP contribution in [-0.4, -0.2) is 11.0 Å². The van der Waals surface area contributed by atoms with Crippen LogP contribution in [0.3, 0.4) is 0 Å². The van der Waals surface area contributed by atoms with Crippen LogP contribution < -0.4 is 5.90 Å². The number of allylic oxidation sites excluding steroid dienone is 6. The van der Waals surface area contributed by atoms with Crippen molar-refractivity contribution in [3.8, 4) is 11.5 Å². The smallest absolute Gasteiger partial charge is 0.356 e. The lowest BCUT2D eigenvalue weighted by molar-refractivity contribution is 0.0503. The van der Waals surface area contributed by atoms with Gasteiger partial charge in [-0.15, -0.1) is 0 Å². The normalized spacial score (nSPS) is 13.3. The molecular formula is C22H26N2O3. The summed E-state index contributed by atoms with van der Waals surface area (Å²) in [5.41, 5.74) is 3.40. The van der Waals surface area contributed by atoms with Gasteiger partial charge >= 0.3 is 5.97 Å². The summed E-state index contributed by atoms with van der Waals surface area (Å²) >= 11 is 0. The summed E-state index contributed by atoms with van der Waals surface area (Å²) in [4.78, 5) is 20.1. The fraction of sp³-hybridized carbons (Fsp3) is 0.273. The van der Waals surface area contributed by atoms with Crippen LogP contribution in [-0.2, 0) is 4.84 Å². The number of carbonyl (C=O) groups excluding carboxylic acids is 1. The van der Waals surface area contributed by atoms with Crippen LogP contribution in [0.4, 0.5) is 0 Å². The lowest BCUT2D eigenvalue weighted by atomic mass is 10.0. The van der Waals surface area contributed by atoms with Crippen LogP contribution in [0.1, 0.15) is 50.2 Å². The third-order valence-corrected chi connectivity index (χ3v) is 4.08. The van der Waals surface area contributed by atoms with Gasteiger partial charge in [0.15, 0.2) is 5.76 Å². The van der Waals surface area contributed by atoms with Crippen LogP contribution in [0.2, 0.25) is 0 Å². The molecule has 142 valence electrons. The maximum atomic E-state index is 11.6.